The average molecular weight is 429 g/mol. The van der Waals surface area contributed by atoms with E-state index in [2.05, 4.69) is 73.3 Å². The largest absolute Gasteiger partial charge is 0.369 e. The first kappa shape index (κ1) is 20.4. The van der Waals surface area contributed by atoms with Crippen molar-refractivity contribution in [2.24, 2.45) is 0 Å². The Kier molecular flexibility index (Phi) is 5.45. The second kappa shape index (κ2) is 8.55. The zero-order chi connectivity index (χ0) is 22.1. The van der Waals surface area contributed by atoms with Gasteiger partial charge in [0.05, 0.1) is 11.9 Å². The minimum absolute atomic E-state index is 0.610. The van der Waals surface area contributed by atoms with E-state index in [9.17, 15) is 0 Å². The zero-order valence-corrected chi connectivity index (χ0v) is 18.7. The summed E-state index contributed by atoms with van der Waals surface area (Å²) >= 11 is 0. The van der Waals surface area contributed by atoms with Gasteiger partial charge in [-0.1, -0.05) is 0 Å². The van der Waals surface area contributed by atoms with E-state index in [1.807, 2.05) is 29.8 Å². The summed E-state index contributed by atoms with van der Waals surface area (Å²) in [7, 11) is 0. The molecule has 0 saturated carbocycles. The van der Waals surface area contributed by atoms with Gasteiger partial charge in [0.2, 0.25) is 0 Å². The van der Waals surface area contributed by atoms with Crippen LogP contribution in [0.3, 0.4) is 0 Å². The van der Waals surface area contributed by atoms with Crippen LogP contribution in [0.25, 0.3) is 16.9 Å². The third kappa shape index (κ3) is 4.01. The van der Waals surface area contributed by atoms with Crippen molar-refractivity contribution < 1.29 is 0 Å². The van der Waals surface area contributed by atoms with E-state index in [4.69, 9.17) is 0 Å². The average Bonchev–Trinajstić information content (AvgIpc) is 3.30. The SMILES string of the molecule is Cc1cc(-c2cnc(Nc3ccc(N4CCN(C(C)C)CC4)cc3)c3ncnn23)ccn1. The number of nitrogens with one attached hydrogen (secondary N) is 1. The smallest absolute Gasteiger partial charge is 0.199 e. The van der Waals surface area contributed by atoms with Gasteiger partial charge in [-0.25, -0.2) is 14.5 Å². The van der Waals surface area contributed by atoms with Crippen LogP contribution in [0.1, 0.15) is 19.5 Å². The van der Waals surface area contributed by atoms with Crippen LogP contribution >= 0.6 is 0 Å². The Hall–Kier alpha value is -3.52. The molecule has 1 N–H and O–H groups in total. The Labute approximate surface area is 187 Å². The van der Waals surface area contributed by atoms with Gasteiger partial charge in [0, 0.05) is 61.0 Å². The van der Waals surface area contributed by atoms with E-state index in [0.29, 0.717) is 17.5 Å². The van der Waals surface area contributed by atoms with Gasteiger partial charge in [0.1, 0.15) is 6.33 Å². The summed E-state index contributed by atoms with van der Waals surface area (Å²) in [6.45, 7) is 10.8. The van der Waals surface area contributed by atoms with Crippen molar-refractivity contribution in [3.8, 4) is 11.3 Å². The first-order chi connectivity index (χ1) is 15.6. The highest BCUT2D eigenvalue weighted by molar-refractivity contribution is 5.74. The highest BCUT2D eigenvalue weighted by Crippen LogP contribution is 2.26. The Morgan fingerprint density at radius 1 is 0.938 bits per heavy atom. The fourth-order valence-corrected chi connectivity index (χ4v) is 4.20. The molecule has 1 aromatic carbocycles. The van der Waals surface area contributed by atoms with Crippen LogP contribution in [0.4, 0.5) is 17.2 Å². The number of hydrogen-bond acceptors (Lipinski definition) is 7. The highest BCUT2D eigenvalue weighted by atomic mass is 15.3. The van der Waals surface area contributed by atoms with Gasteiger partial charge in [0.25, 0.3) is 0 Å². The van der Waals surface area contributed by atoms with Crippen LogP contribution in [0.5, 0.6) is 0 Å². The Morgan fingerprint density at radius 3 is 2.44 bits per heavy atom. The molecular weight excluding hydrogens is 400 g/mol. The van der Waals surface area contributed by atoms with Crippen molar-refractivity contribution in [3.63, 3.8) is 0 Å². The molecular formula is C24H28N8. The molecule has 0 atom stereocenters. The topological polar surface area (TPSA) is 74.5 Å². The van der Waals surface area contributed by atoms with Gasteiger partial charge < -0.3 is 10.2 Å². The molecule has 5 rings (SSSR count). The van der Waals surface area contributed by atoms with Gasteiger partial charge >= 0.3 is 0 Å². The summed E-state index contributed by atoms with van der Waals surface area (Å²) in [5, 5.41) is 7.82. The van der Waals surface area contributed by atoms with E-state index < -0.39 is 0 Å². The number of pyridine rings is 1. The van der Waals surface area contributed by atoms with Crippen LogP contribution < -0.4 is 10.2 Å². The van der Waals surface area contributed by atoms with Gasteiger partial charge in [-0.2, -0.15) is 5.10 Å². The maximum absolute atomic E-state index is 4.65. The summed E-state index contributed by atoms with van der Waals surface area (Å²) in [6.07, 6.45) is 5.17. The van der Waals surface area contributed by atoms with E-state index in [1.165, 1.54) is 5.69 Å². The number of nitrogens with zero attached hydrogens (tertiary/aromatic N) is 7. The lowest BCUT2D eigenvalue weighted by molar-refractivity contribution is 0.209. The molecule has 0 amide bonds. The molecule has 1 aliphatic rings. The summed E-state index contributed by atoms with van der Waals surface area (Å²) in [5.41, 5.74) is 5.75. The Bertz CT molecular complexity index is 1210. The number of anilines is 3. The van der Waals surface area contributed by atoms with E-state index in [0.717, 1.165) is 48.8 Å². The maximum atomic E-state index is 4.65. The Balaban J connectivity index is 1.34. The van der Waals surface area contributed by atoms with Crippen LogP contribution in [0.15, 0.2) is 55.1 Å². The molecule has 0 aliphatic carbocycles. The molecule has 4 aromatic rings. The Morgan fingerprint density at radius 2 is 1.72 bits per heavy atom. The van der Waals surface area contributed by atoms with Crippen molar-refractivity contribution in [1.82, 2.24) is 29.5 Å². The molecule has 1 saturated heterocycles. The van der Waals surface area contributed by atoms with Crippen molar-refractivity contribution in [1.29, 1.82) is 0 Å². The lowest BCUT2D eigenvalue weighted by Gasteiger charge is -2.38. The van der Waals surface area contributed by atoms with Crippen LogP contribution in [0, 0.1) is 6.92 Å². The van der Waals surface area contributed by atoms with E-state index >= 15 is 0 Å². The second-order valence-electron chi connectivity index (χ2n) is 8.46. The van der Waals surface area contributed by atoms with E-state index in [-0.39, 0.29) is 0 Å². The van der Waals surface area contributed by atoms with E-state index in [1.54, 1.807) is 12.5 Å². The predicted octanol–water partition coefficient (Wildman–Crippen LogP) is 3.77. The van der Waals surface area contributed by atoms with Crippen molar-refractivity contribution >= 4 is 22.8 Å². The van der Waals surface area contributed by atoms with Gasteiger partial charge in [0.15, 0.2) is 11.5 Å². The van der Waals surface area contributed by atoms with Crippen molar-refractivity contribution in [2.75, 3.05) is 36.4 Å². The molecule has 164 valence electrons. The molecule has 4 heterocycles. The molecule has 32 heavy (non-hydrogen) atoms. The molecule has 3 aromatic heterocycles. The molecule has 0 spiro atoms. The number of benzene rings is 1. The predicted molar refractivity (Wildman–Crippen MR) is 127 cm³/mol. The maximum Gasteiger partial charge on any atom is 0.199 e. The van der Waals surface area contributed by atoms with Gasteiger partial charge in [-0.3, -0.25) is 9.88 Å². The third-order valence-electron chi connectivity index (χ3n) is 6.04. The molecule has 1 aliphatic heterocycles. The molecule has 8 nitrogen and oxygen atoms in total. The summed E-state index contributed by atoms with van der Waals surface area (Å²) in [5.74, 6) is 0.676. The summed E-state index contributed by atoms with van der Waals surface area (Å²) in [4.78, 5) is 18.3. The van der Waals surface area contributed by atoms with Crippen LogP contribution in [-0.2, 0) is 0 Å². The minimum Gasteiger partial charge on any atom is -0.369 e. The summed E-state index contributed by atoms with van der Waals surface area (Å²) < 4.78 is 1.81. The first-order valence-corrected chi connectivity index (χ1v) is 11.1. The fourth-order valence-electron chi connectivity index (χ4n) is 4.20. The number of aromatic nitrogens is 5. The number of rotatable bonds is 5. The van der Waals surface area contributed by atoms with Crippen molar-refractivity contribution in [2.45, 2.75) is 26.8 Å². The van der Waals surface area contributed by atoms with Crippen LogP contribution in [0.2, 0.25) is 0 Å². The van der Waals surface area contributed by atoms with Crippen molar-refractivity contribution in [3.05, 3.63) is 60.8 Å². The number of hydrogen-bond donors (Lipinski definition) is 1. The molecule has 0 unspecified atom stereocenters. The standard InChI is InChI=1S/C24H28N8/c1-17(2)30-10-12-31(13-11-30)21-6-4-20(5-7-21)29-23-24-27-16-28-32(24)22(15-26-23)19-8-9-25-18(3)14-19/h4-9,14-17H,10-13H2,1-3H3,(H,26,29). The van der Waals surface area contributed by atoms with Gasteiger partial charge in [-0.05, 0) is 57.2 Å². The minimum atomic E-state index is 0.610. The lowest BCUT2D eigenvalue weighted by atomic mass is 10.2. The summed E-state index contributed by atoms with van der Waals surface area (Å²) in [6, 6.07) is 13.1. The number of piperazine rings is 1. The zero-order valence-electron chi connectivity index (χ0n) is 18.7. The lowest BCUT2D eigenvalue weighted by Crippen LogP contribution is -2.48. The quantitative estimate of drug-likeness (QED) is 0.519. The number of fused-ring (bicyclic) bond motifs is 1. The monoisotopic (exact) mass is 428 g/mol. The molecule has 8 heteroatoms. The van der Waals surface area contributed by atoms with Gasteiger partial charge in [-0.15, -0.1) is 0 Å². The normalized spacial score (nSPS) is 14.9. The second-order valence-corrected chi connectivity index (χ2v) is 8.46. The molecule has 1 fully saturated rings. The molecule has 0 radical (unpaired) electrons. The fraction of sp³-hybridized carbons (Fsp3) is 0.333. The highest BCUT2D eigenvalue weighted by Gasteiger charge is 2.19. The first-order valence-electron chi connectivity index (χ1n) is 11.1. The number of aryl methyl sites for hydroxylation is 1. The van der Waals surface area contributed by atoms with Crippen LogP contribution in [-0.4, -0.2) is 61.7 Å². The third-order valence-corrected chi connectivity index (χ3v) is 6.04. The molecule has 0 bridgehead atoms.